The summed E-state index contributed by atoms with van der Waals surface area (Å²) in [4.78, 5) is 0. The van der Waals surface area contributed by atoms with Gasteiger partial charge < -0.3 is 14.8 Å². The highest BCUT2D eigenvalue weighted by Gasteiger charge is 2.30. The topological polar surface area (TPSA) is 30.5 Å². The fourth-order valence-electron chi connectivity index (χ4n) is 2.72. The molecule has 1 fully saturated rings. The van der Waals surface area contributed by atoms with Crippen molar-refractivity contribution in [2.45, 2.75) is 31.7 Å². The van der Waals surface area contributed by atoms with Gasteiger partial charge in [0, 0.05) is 18.8 Å². The average Bonchev–Trinajstić information content (AvgIpc) is 2.40. The number of ether oxygens (including phenoxy) is 2. The van der Waals surface area contributed by atoms with Crippen LogP contribution in [-0.4, -0.2) is 32.9 Å². The van der Waals surface area contributed by atoms with Gasteiger partial charge in [-0.3, -0.25) is 0 Å². The molecule has 0 bridgehead atoms. The molecule has 1 aliphatic rings. The van der Waals surface area contributed by atoms with Gasteiger partial charge >= 0.3 is 0 Å². The van der Waals surface area contributed by atoms with Crippen LogP contribution < -0.4 is 10.1 Å². The van der Waals surface area contributed by atoms with E-state index < -0.39 is 0 Å². The molecule has 1 aliphatic heterocycles. The zero-order valence-electron chi connectivity index (χ0n) is 11.6. The highest BCUT2D eigenvalue weighted by molar-refractivity contribution is 5.36. The second kappa shape index (κ2) is 5.72. The summed E-state index contributed by atoms with van der Waals surface area (Å²) in [6, 6.07) is 6.46. The van der Waals surface area contributed by atoms with Crippen LogP contribution >= 0.6 is 0 Å². The van der Waals surface area contributed by atoms with Crippen molar-refractivity contribution in [1.29, 1.82) is 0 Å². The summed E-state index contributed by atoms with van der Waals surface area (Å²) in [5.41, 5.74) is 2.76. The second-order valence-electron chi connectivity index (χ2n) is 5.12. The highest BCUT2D eigenvalue weighted by atomic mass is 16.5. The van der Waals surface area contributed by atoms with Crippen LogP contribution in [-0.2, 0) is 11.2 Å². The maximum absolute atomic E-state index is 5.46. The molecule has 100 valence electrons. The molecule has 0 saturated carbocycles. The predicted octanol–water partition coefficient (Wildman–Crippen LogP) is 2.31. The van der Waals surface area contributed by atoms with Crippen LogP contribution in [0.1, 0.15) is 24.0 Å². The van der Waals surface area contributed by atoms with Crippen molar-refractivity contribution in [3.8, 4) is 5.75 Å². The zero-order chi connectivity index (χ0) is 13.0. The monoisotopic (exact) mass is 249 g/mol. The van der Waals surface area contributed by atoms with Gasteiger partial charge in [-0.05, 0) is 50.4 Å². The van der Waals surface area contributed by atoms with Crippen molar-refractivity contribution in [3.63, 3.8) is 0 Å². The number of aryl methyl sites for hydroxylation is 1. The molecule has 0 aromatic heterocycles. The molecule has 0 unspecified atom stereocenters. The van der Waals surface area contributed by atoms with E-state index in [0.29, 0.717) is 0 Å². The maximum Gasteiger partial charge on any atom is 0.121 e. The molecule has 3 nitrogen and oxygen atoms in total. The molecular weight excluding hydrogens is 226 g/mol. The highest BCUT2D eigenvalue weighted by Crippen LogP contribution is 2.27. The van der Waals surface area contributed by atoms with Gasteiger partial charge in [0.25, 0.3) is 0 Å². The van der Waals surface area contributed by atoms with Crippen LogP contribution in [0.15, 0.2) is 18.2 Å². The Morgan fingerprint density at radius 2 is 2.06 bits per heavy atom. The number of rotatable bonds is 4. The van der Waals surface area contributed by atoms with Gasteiger partial charge in [-0.15, -0.1) is 0 Å². The molecule has 0 aliphatic carbocycles. The van der Waals surface area contributed by atoms with E-state index in [1.165, 1.54) is 11.1 Å². The smallest absolute Gasteiger partial charge is 0.121 e. The molecular formula is C15H23NO2. The molecule has 2 rings (SSSR count). The van der Waals surface area contributed by atoms with Gasteiger partial charge in [-0.2, -0.15) is 0 Å². The fraction of sp³-hybridized carbons (Fsp3) is 0.600. The van der Waals surface area contributed by atoms with Crippen LogP contribution in [0.2, 0.25) is 0 Å². The molecule has 1 saturated heterocycles. The Labute approximate surface area is 109 Å². The average molecular weight is 249 g/mol. The standard InChI is InChI=1S/C15H23NO2/c1-12-10-13(4-5-14(12)17-3)11-15(16-2)6-8-18-9-7-15/h4-5,10,16H,6-9,11H2,1-3H3. The Balaban J connectivity index is 2.14. The van der Waals surface area contributed by atoms with E-state index in [1.807, 2.05) is 0 Å². The normalized spacial score (nSPS) is 18.6. The number of hydrogen-bond acceptors (Lipinski definition) is 3. The van der Waals surface area contributed by atoms with E-state index in [9.17, 15) is 0 Å². The molecule has 1 aromatic rings. The minimum Gasteiger partial charge on any atom is -0.496 e. The lowest BCUT2D eigenvalue weighted by Crippen LogP contribution is -2.49. The molecule has 1 aromatic carbocycles. The Bertz CT molecular complexity index is 397. The number of benzene rings is 1. The predicted molar refractivity (Wildman–Crippen MR) is 73.3 cm³/mol. The van der Waals surface area contributed by atoms with Gasteiger partial charge in [-0.25, -0.2) is 0 Å². The molecule has 0 radical (unpaired) electrons. The summed E-state index contributed by atoms with van der Waals surface area (Å²) in [6.07, 6.45) is 3.21. The van der Waals surface area contributed by atoms with Crippen LogP contribution in [0.5, 0.6) is 5.75 Å². The van der Waals surface area contributed by atoms with Crippen molar-refractivity contribution < 1.29 is 9.47 Å². The number of likely N-dealkylation sites (N-methyl/N-ethyl adjacent to an activating group) is 1. The van der Waals surface area contributed by atoms with E-state index in [1.54, 1.807) is 7.11 Å². The van der Waals surface area contributed by atoms with Crippen LogP contribution in [0.4, 0.5) is 0 Å². The van der Waals surface area contributed by atoms with Gasteiger partial charge in [0.15, 0.2) is 0 Å². The van der Waals surface area contributed by atoms with E-state index in [4.69, 9.17) is 9.47 Å². The molecule has 1 N–H and O–H groups in total. The second-order valence-corrected chi connectivity index (χ2v) is 5.12. The molecule has 3 heteroatoms. The summed E-state index contributed by atoms with van der Waals surface area (Å²) in [5, 5.41) is 3.50. The number of hydrogen-bond donors (Lipinski definition) is 1. The Morgan fingerprint density at radius 1 is 1.33 bits per heavy atom. The third-order valence-corrected chi connectivity index (χ3v) is 3.98. The van der Waals surface area contributed by atoms with Crippen LogP contribution in [0, 0.1) is 6.92 Å². The first-order valence-corrected chi connectivity index (χ1v) is 6.59. The van der Waals surface area contributed by atoms with Crippen molar-refractivity contribution in [2.75, 3.05) is 27.4 Å². The summed E-state index contributed by atoms with van der Waals surface area (Å²) >= 11 is 0. The summed E-state index contributed by atoms with van der Waals surface area (Å²) < 4.78 is 10.8. The third-order valence-electron chi connectivity index (χ3n) is 3.98. The molecule has 0 spiro atoms. The third kappa shape index (κ3) is 2.85. The number of nitrogens with one attached hydrogen (secondary N) is 1. The van der Waals surface area contributed by atoms with Gasteiger partial charge in [0.2, 0.25) is 0 Å². The first-order chi connectivity index (χ1) is 8.69. The van der Waals surface area contributed by atoms with E-state index in [0.717, 1.165) is 38.2 Å². The van der Waals surface area contributed by atoms with Crippen LogP contribution in [0.3, 0.4) is 0 Å². The summed E-state index contributed by atoms with van der Waals surface area (Å²) in [7, 11) is 3.78. The van der Waals surface area contributed by atoms with Crippen molar-refractivity contribution in [3.05, 3.63) is 29.3 Å². The quantitative estimate of drug-likeness (QED) is 0.888. The van der Waals surface area contributed by atoms with Crippen LogP contribution in [0.25, 0.3) is 0 Å². The lowest BCUT2D eigenvalue weighted by molar-refractivity contribution is 0.0413. The lowest BCUT2D eigenvalue weighted by Gasteiger charge is -2.37. The van der Waals surface area contributed by atoms with E-state index in [-0.39, 0.29) is 5.54 Å². The Kier molecular flexibility index (Phi) is 4.25. The largest absolute Gasteiger partial charge is 0.496 e. The Morgan fingerprint density at radius 3 is 2.61 bits per heavy atom. The summed E-state index contributed by atoms with van der Waals surface area (Å²) in [5.74, 6) is 0.962. The first-order valence-electron chi connectivity index (χ1n) is 6.59. The minimum atomic E-state index is 0.194. The number of methoxy groups -OCH3 is 1. The van der Waals surface area contributed by atoms with E-state index >= 15 is 0 Å². The van der Waals surface area contributed by atoms with Crippen molar-refractivity contribution in [2.24, 2.45) is 0 Å². The zero-order valence-corrected chi connectivity index (χ0v) is 11.6. The molecule has 18 heavy (non-hydrogen) atoms. The molecule has 0 atom stereocenters. The van der Waals surface area contributed by atoms with Crippen molar-refractivity contribution in [1.82, 2.24) is 5.32 Å². The first kappa shape index (κ1) is 13.4. The van der Waals surface area contributed by atoms with Gasteiger partial charge in [0.05, 0.1) is 7.11 Å². The van der Waals surface area contributed by atoms with Gasteiger partial charge in [0.1, 0.15) is 5.75 Å². The van der Waals surface area contributed by atoms with Gasteiger partial charge in [-0.1, -0.05) is 12.1 Å². The minimum absolute atomic E-state index is 0.194. The molecule has 1 heterocycles. The molecule has 0 amide bonds. The fourth-order valence-corrected chi connectivity index (χ4v) is 2.72. The van der Waals surface area contributed by atoms with E-state index in [2.05, 4.69) is 37.5 Å². The maximum atomic E-state index is 5.46. The summed E-state index contributed by atoms with van der Waals surface area (Å²) in [6.45, 7) is 3.81. The SMILES string of the molecule is CNC1(Cc2ccc(OC)c(C)c2)CCOCC1. The lowest BCUT2D eigenvalue weighted by atomic mass is 9.83. The Hall–Kier alpha value is -1.06. The van der Waals surface area contributed by atoms with Crippen molar-refractivity contribution >= 4 is 0 Å².